The van der Waals surface area contributed by atoms with E-state index in [4.69, 9.17) is 0 Å². The Morgan fingerprint density at radius 1 is 1.05 bits per heavy atom. The van der Waals surface area contributed by atoms with Crippen LogP contribution in [0.25, 0.3) is 0 Å². The molecule has 100 valence electrons. The molecular formula is C15H12Br2F2. The van der Waals surface area contributed by atoms with Crippen molar-refractivity contribution in [2.45, 2.75) is 18.2 Å². The summed E-state index contributed by atoms with van der Waals surface area (Å²) in [5.74, 6) is -1.01. The Kier molecular flexibility index (Phi) is 4.74. The van der Waals surface area contributed by atoms with Crippen molar-refractivity contribution < 1.29 is 8.78 Å². The van der Waals surface area contributed by atoms with Crippen molar-refractivity contribution in [2.75, 3.05) is 0 Å². The summed E-state index contributed by atoms with van der Waals surface area (Å²) in [4.78, 5) is -0.128. The molecule has 2 rings (SSSR count). The van der Waals surface area contributed by atoms with Crippen molar-refractivity contribution in [3.8, 4) is 0 Å². The van der Waals surface area contributed by atoms with E-state index in [2.05, 4.69) is 31.9 Å². The molecular weight excluding hydrogens is 378 g/mol. The minimum Gasteiger partial charge on any atom is -0.207 e. The number of hydrogen-bond acceptors (Lipinski definition) is 0. The van der Waals surface area contributed by atoms with E-state index in [-0.39, 0.29) is 16.8 Å². The van der Waals surface area contributed by atoms with Gasteiger partial charge in [-0.15, -0.1) is 0 Å². The monoisotopic (exact) mass is 388 g/mol. The maximum Gasteiger partial charge on any atom is 0.129 e. The highest BCUT2D eigenvalue weighted by Gasteiger charge is 2.17. The van der Waals surface area contributed by atoms with Crippen molar-refractivity contribution in [1.29, 1.82) is 0 Å². The Hall–Kier alpha value is -0.740. The lowest BCUT2D eigenvalue weighted by atomic mass is 10.00. The molecule has 0 saturated heterocycles. The lowest BCUT2D eigenvalue weighted by molar-refractivity contribution is 0.554. The maximum atomic E-state index is 13.6. The zero-order valence-corrected chi connectivity index (χ0v) is 13.4. The Morgan fingerprint density at radius 2 is 1.63 bits per heavy atom. The van der Waals surface area contributed by atoms with Crippen LogP contribution in [-0.2, 0) is 6.42 Å². The van der Waals surface area contributed by atoms with Crippen LogP contribution >= 0.6 is 31.9 Å². The molecule has 0 N–H and O–H groups in total. The fourth-order valence-electron chi connectivity index (χ4n) is 1.98. The summed E-state index contributed by atoms with van der Waals surface area (Å²) >= 11 is 6.98. The van der Waals surface area contributed by atoms with Gasteiger partial charge in [-0.1, -0.05) is 50.1 Å². The quantitative estimate of drug-likeness (QED) is 0.589. The van der Waals surface area contributed by atoms with Crippen molar-refractivity contribution in [3.63, 3.8) is 0 Å². The van der Waals surface area contributed by atoms with E-state index in [1.807, 2.05) is 25.1 Å². The summed E-state index contributed by atoms with van der Waals surface area (Å²) in [5.41, 5.74) is 2.21. The summed E-state index contributed by atoms with van der Waals surface area (Å²) in [5, 5.41) is 0. The minimum atomic E-state index is -0.503. The smallest absolute Gasteiger partial charge is 0.129 e. The van der Waals surface area contributed by atoms with Crippen LogP contribution in [0.15, 0.2) is 40.9 Å². The van der Waals surface area contributed by atoms with Crippen LogP contribution in [0.4, 0.5) is 8.78 Å². The van der Waals surface area contributed by atoms with Gasteiger partial charge in [0.05, 0.1) is 0 Å². The predicted octanol–water partition coefficient (Wildman–Crippen LogP) is 5.71. The highest BCUT2D eigenvalue weighted by Crippen LogP contribution is 2.33. The topological polar surface area (TPSA) is 0 Å². The second-order valence-corrected chi connectivity index (χ2v) is 6.29. The number of alkyl halides is 1. The second-order valence-electron chi connectivity index (χ2n) is 4.33. The van der Waals surface area contributed by atoms with Crippen molar-refractivity contribution in [1.82, 2.24) is 0 Å². The second kappa shape index (κ2) is 6.14. The number of rotatable bonds is 3. The first-order valence-electron chi connectivity index (χ1n) is 5.82. The third-order valence-corrected chi connectivity index (χ3v) is 4.77. The molecule has 0 amide bonds. The van der Waals surface area contributed by atoms with Gasteiger partial charge in [-0.25, -0.2) is 8.78 Å². The van der Waals surface area contributed by atoms with Gasteiger partial charge < -0.3 is 0 Å². The zero-order valence-electron chi connectivity index (χ0n) is 10.3. The molecule has 0 aliphatic heterocycles. The van der Waals surface area contributed by atoms with Gasteiger partial charge >= 0.3 is 0 Å². The Balaban J connectivity index is 2.31. The molecule has 0 bridgehead atoms. The molecule has 19 heavy (non-hydrogen) atoms. The van der Waals surface area contributed by atoms with Gasteiger partial charge in [0.2, 0.25) is 0 Å². The van der Waals surface area contributed by atoms with Crippen LogP contribution in [0.3, 0.4) is 0 Å². The van der Waals surface area contributed by atoms with Crippen LogP contribution in [0.5, 0.6) is 0 Å². The predicted molar refractivity (Wildman–Crippen MR) is 80.6 cm³/mol. The van der Waals surface area contributed by atoms with E-state index in [0.29, 0.717) is 0 Å². The third kappa shape index (κ3) is 3.23. The van der Waals surface area contributed by atoms with E-state index in [1.165, 1.54) is 18.2 Å². The van der Waals surface area contributed by atoms with Gasteiger partial charge in [0.15, 0.2) is 0 Å². The van der Waals surface area contributed by atoms with Gasteiger partial charge in [-0.2, -0.15) is 0 Å². The van der Waals surface area contributed by atoms with E-state index in [1.54, 1.807) is 0 Å². The number of hydrogen-bond donors (Lipinski definition) is 0. The Labute approximate surface area is 128 Å². The zero-order chi connectivity index (χ0) is 14.0. The average molecular weight is 390 g/mol. The molecule has 4 heteroatoms. The summed E-state index contributed by atoms with van der Waals surface area (Å²) in [7, 11) is 0. The van der Waals surface area contributed by atoms with Gasteiger partial charge in [0.1, 0.15) is 11.6 Å². The van der Waals surface area contributed by atoms with E-state index in [0.717, 1.165) is 15.6 Å². The lowest BCUT2D eigenvalue weighted by Gasteiger charge is -2.15. The highest BCUT2D eigenvalue weighted by molar-refractivity contribution is 9.10. The molecule has 2 aromatic rings. The molecule has 1 atom stereocenters. The van der Waals surface area contributed by atoms with E-state index in [9.17, 15) is 8.78 Å². The highest BCUT2D eigenvalue weighted by atomic mass is 79.9. The fraction of sp³-hybridized carbons (Fsp3) is 0.200. The molecule has 2 aromatic carbocycles. The molecule has 0 radical (unpaired) electrons. The first-order chi connectivity index (χ1) is 9.00. The standard InChI is InChI=1S/C15H12Br2F2/c1-9-10(4-2-5-12(9)16)13(17)8-11-14(18)6-3-7-15(11)19/h2-7,13H,8H2,1H3. The van der Waals surface area contributed by atoms with Crippen LogP contribution in [0.2, 0.25) is 0 Å². The SMILES string of the molecule is Cc1c(Br)cccc1C(Br)Cc1c(F)cccc1F. The molecule has 0 nitrogen and oxygen atoms in total. The lowest BCUT2D eigenvalue weighted by Crippen LogP contribution is -2.03. The van der Waals surface area contributed by atoms with E-state index < -0.39 is 11.6 Å². The van der Waals surface area contributed by atoms with Crippen molar-refractivity contribution in [3.05, 3.63) is 69.2 Å². The largest absolute Gasteiger partial charge is 0.207 e. The summed E-state index contributed by atoms with van der Waals surface area (Å²) in [6.45, 7) is 1.98. The Bertz CT molecular complexity index is 576. The third-order valence-electron chi connectivity index (χ3n) is 3.09. The van der Waals surface area contributed by atoms with Crippen LogP contribution in [-0.4, -0.2) is 0 Å². The molecule has 1 unspecified atom stereocenters. The maximum absolute atomic E-state index is 13.6. The van der Waals surface area contributed by atoms with Crippen LogP contribution in [0.1, 0.15) is 21.5 Å². The molecule has 0 aliphatic carbocycles. The Morgan fingerprint density at radius 3 is 2.26 bits per heavy atom. The average Bonchev–Trinajstić information content (AvgIpc) is 2.37. The molecule has 0 saturated carbocycles. The first-order valence-corrected chi connectivity index (χ1v) is 7.53. The first kappa shape index (κ1) is 14.7. The van der Waals surface area contributed by atoms with Crippen molar-refractivity contribution >= 4 is 31.9 Å². The molecule has 0 spiro atoms. The van der Waals surface area contributed by atoms with Crippen molar-refractivity contribution in [2.24, 2.45) is 0 Å². The number of halogens is 4. The van der Waals surface area contributed by atoms with Gasteiger partial charge in [-0.3, -0.25) is 0 Å². The van der Waals surface area contributed by atoms with Gasteiger partial charge in [0.25, 0.3) is 0 Å². The molecule has 0 fully saturated rings. The number of benzene rings is 2. The van der Waals surface area contributed by atoms with E-state index >= 15 is 0 Å². The van der Waals surface area contributed by atoms with Crippen LogP contribution < -0.4 is 0 Å². The summed E-state index contributed by atoms with van der Waals surface area (Å²) in [6, 6.07) is 9.76. The fourth-order valence-corrected chi connectivity index (χ4v) is 3.18. The van der Waals surface area contributed by atoms with Gasteiger partial charge in [0, 0.05) is 14.9 Å². The normalized spacial score (nSPS) is 12.5. The van der Waals surface area contributed by atoms with Gasteiger partial charge in [-0.05, 0) is 42.7 Å². The molecule has 0 heterocycles. The summed E-state index contributed by atoms with van der Waals surface area (Å²) in [6.07, 6.45) is 0.274. The summed E-state index contributed by atoms with van der Waals surface area (Å²) < 4.78 is 28.3. The molecule has 0 aromatic heterocycles. The molecule has 0 aliphatic rings. The minimum absolute atomic E-state index is 0.115. The van der Waals surface area contributed by atoms with Crippen LogP contribution in [0, 0.1) is 18.6 Å².